The van der Waals surface area contributed by atoms with Crippen LogP contribution in [0.25, 0.3) is 0 Å². The van der Waals surface area contributed by atoms with E-state index in [9.17, 15) is 5.26 Å². The summed E-state index contributed by atoms with van der Waals surface area (Å²) in [7, 11) is 0. The van der Waals surface area contributed by atoms with Crippen molar-refractivity contribution in [1.29, 1.82) is 5.26 Å². The van der Waals surface area contributed by atoms with Gasteiger partial charge in [-0.15, -0.1) is 0 Å². The fourth-order valence-corrected chi connectivity index (χ4v) is 3.11. The third-order valence-electron chi connectivity index (χ3n) is 3.99. The number of aromatic nitrogens is 1. The molecule has 3 nitrogen and oxygen atoms in total. The van der Waals surface area contributed by atoms with Crippen LogP contribution in [-0.2, 0) is 5.41 Å². The summed E-state index contributed by atoms with van der Waals surface area (Å²) in [5.41, 5.74) is 0.721. The lowest BCUT2D eigenvalue weighted by atomic mass is 9.76. The minimum absolute atomic E-state index is 0.181. The third kappa shape index (κ3) is 3.09. The zero-order chi connectivity index (χ0) is 14.1. The minimum atomic E-state index is -0.400. The molecule has 0 amide bonds. The molecular weight excluding hydrogens is 349 g/mol. The van der Waals surface area contributed by atoms with Crippen molar-refractivity contribution in [3.8, 4) is 6.07 Å². The lowest BCUT2D eigenvalue weighted by Crippen LogP contribution is -2.50. The zero-order valence-corrected chi connectivity index (χ0v) is 13.9. The highest BCUT2D eigenvalue weighted by Crippen LogP contribution is 2.36. The van der Waals surface area contributed by atoms with Crippen molar-refractivity contribution in [1.82, 2.24) is 9.88 Å². The number of halogens is 1. The van der Waals surface area contributed by atoms with Gasteiger partial charge < -0.3 is 0 Å². The summed E-state index contributed by atoms with van der Waals surface area (Å²) >= 11 is 2.28. The summed E-state index contributed by atoms with van der Waals surface area (Å²) in [6.07, 6.45) is 3.55. The van der Waals surface area contributed by atoms with E-state index in [-0.39, 0.29) is 5.54 Å². The Balaban J connectivity index is 2.22. The Hall–Kier alpha value is -0.670. The SMILES string of the molecule is CC(C)(C)N1CCC(C#N)(c2cc(I)ccn2)CC1. The van der Waals surface area contributed by atoms with E-state index in [4.69, 9.17) is 0 Å². The van der Waals surface area contributed by atoms with Gasteiger partial charge in [0.15, 0.2) is 0 Å². The first-order valence-electron chi connectivity index (χ1n) is 6.66. The highest BCUT2D eigenvalue weighted by molar-refractivity contribution is 14.1. The van der Waals surface area contributed by atoms with Crippen molar-refractivity contribution < 1.29 is 0 Å². The number of nitrogens with zero attached hydrogens (tertiary/aromatic N) is 3. The van der Waals surface area contributed by atoms with Gasteiger partial charge in [0, 0.05) is 28.4 Å². The van der Waals surface area contributed by atoms with Crippen LogP contribution in [0.15, 0.2) is 18.3 Å². The Bertz CT molecular complexity index is 491. The van der Waals surface area contributed by atoms with E-state index >= 15 is 0 Å². The Kier molecular flexibility index (Phi) is 4.17. The second-order valence-corrected chi connectivity index (χ2v) is 7.46. The fourth-order valence-electron chi connectivity index (χ4n) is 2.65. The standard InChI is InChI=1S/C15H20IN3/c1-14(2,3)19-8-5-15(11-17,6-9-19)13-10-12(16)4-7-18-13/h4,7,10H,5-6,8-9H2,1-3H3. The first-order chi connectivity index (χ1) is 8.87. The molecule has 2 heterocycles. The van der Waals surface area contributed by atoms with Gasteiger partial charge in [-0.1, -0.05) is 0 Å². The van der Waals surface area contributed by atoms with Crippen LogP contribution in [0.1, 0.15) is 39.3 Å². The molecule has 0 bridgehead atoms. The minimum Gasteiger partial charge on any atom is -0.298 e. The first-order valence-corrected chi connectivity index (χ1v) is 7.74. The van der Waals surface area contributed by atoms with E-state index < -0.39 is 5.41 Å². The van der Waals surface area contributed by atoms with Gasteiger partial charge in [0.05, 0.1) is 11.8 Å². The van der Waals surface area contributed by atoms with E-state index in [1.54, 1.807) is 0 Å². The van der Waals surface area contributed by atoms with E-state index in [1.807, 2.05) is 12.3 Å². The number of likely N-dealkylation sites (tertiary alicyclic amines) is 1. The first kappa shape index (κ1) is 14.7. The number of piperidine rings is 1. The van der Waals surface area contributed by atoms with Crippen molar-refractivity contribution in [3.63, 3.8) is 0 Å². The largest absolute Gasteiger partial charge is 0.298 e. The van der Waals surface area contributed by atoms with E-state index in [2.05, 4.69) is 65.4 Å². The van der Waals surface area contributed by atoms with Gasteiger partial charge in [0.2, 0.25) is 0 Å². The van der Waals surface area contributed by atoms with E-state index in [1.165, 1.54) is 0 Å². The molecule has 0 saturated carbocycles. The number of hydrogen-bond acceptors (Lipinski definition) is 3. The predicted octanol–water partition coefficient (Wildman–Crippen LogP) is 3.34. The molecule has 102 valence electrons. The maximum atomic E-state index is 9.66. The van der Waals surface area contributed by atoms with Gasteiger partial charge in [-0.25, -0.2) is 0 Å². The quantitative estimate of drug-likeness (QED) is 0.713. The van der Waals surface area contributed by atoms with Crippen molar-refractivity contribution in [2.24, 2.45) is 0 Å². The molecule has 0 unspecified atom stereocenters. The smallest absolute Gasteiger partial charge is 0.102 e. The molecule has 1 fully saturated rings. The average molecular weight is 369 g/mol. The molecule has 1 aromatic rings. The summed E-state index contributed by atoms with van der Waals surface area (Å²) in [5.74, 6) is 0. The summed E-state index contributed by atoms with van der Waals surface area (Å²) in [6, 6.07) is 6.56. The van der Waals surface area contributed by atoms with Gasteiger partial charge >= 0.3 is 0 Å². The topological polar surface area (TPSA) is 39.9 Å². The Morgan fingerprint density at radius 3 is 2.47 bits per heavy atom. The van der Waals surface area contributed by atoms with Crippen LogP contribution in [0.2, 0.25) is 0 Å². The maximum absolute atomic E-state index is 9.66. The molecule has 2 rings (SSSR count). The highest BCUT2D eigenvalue weighted by Gasteiger charge is 2.40. The van der Waals surface area contributed by atoms with Gasteiger partial charge in [-0.3, -0.25) is 9.88 Å². The second-order valence-electron chi connectivity index (χ2n) is 6.21. The summed E-state index contributed by atoms with van der Waals surface area (Å²) in [5, 5.41) is 9.66. The van der Waals surface area contributed by atoms with Crippen molar-refractivity contribution in [3.05, 3.63) is 27.6 Å². The van der Waals surface area contributed by atoms with Crippen molar-refractivity contribution >= 4 is 22.6 Å². The molecule has 19 heavy (non-hydrogen) atoms. The van der Waals surface area contributed by atoms with Crippen LogP contribution < -0.4 is 0 Å². The summed E-state index contributed by atoms with van der Waals surface area (Å²) < 4.78 is 1.15. The highest BCUT2D eigenvalue weighted by atomic mass is 127. The Labute approximate surface area is 129 Å². The van der Waals surface area contributed by atoms with E-state index in [0.717, 1.165) is 35.2 Å². The molecule has 1 aromatic heterocycles. The monoisotopic (exact) mass is 369 g/mol. The molecule has 1 aliphatic rings. The van der Waals surface area contributed by atoms with Crippen LogP contribution in [0, 0.1) is 14.9 Å². The van der Waals surface area contributed by atoms with Gasteiger partial charge in [-0.2, -0.15) is 5.26 Å². The number of nitriles is 1. The molecular formula is C15H20IN3. The lowest BCUT2D eigenvalue weighted by molar-refractivity contribution is 0.0874. The van der Waals surface area contributed by atoms with Crippen LogP contribution in [0.3, 0.4) is 0 Å². The summed E-state index contributed by atoms with van der Waals surface area (Å²) in [6.45, 7) is 8.62. The van der Waals surface area contributed by atoms with Crippen LogP contribution in [0.4, 0.5) is 0 Å². The van der Waals surface area contributed by atoms with Gasteiger partial charge in [-0.05, 0) is 68.3 Å². The zero-order valence-electron chi connectivity index (χ0n) is 11.8. The normalized spacial score (nSPS) is 19.9. The molecule has 1 saturated heterocycles. The molecule has 0 aliphatic carbocycles. The second kappa shape index (κ2) is 5.37. The average Bonchev–Trinajstić information content (AvgIpc) is 2.38. The molecule has 4 heteroatoms. The van der Waals surface area contributed by atoms with E-state index in [0.29, 0.717) is 0 Å². The lowest BCUT2D eigenvalue weighted by Gasteiger charge is -2.43. The predicted molar refractivity (Wildman–Crippen MR) is 84.8 cm³/mol. The number of pyridine rings is 1. The molecule has 1 aliphatic heterocycles. The Morgan fingerprint density at radius 2 is 2.00 bits per heavy atom. The fraction of sp³-hybridized carbons (Fsp3) is 0.600. The molecule has 0 atom stereocenters. The van der Waals surface area contributed by atoms with Crippen LogP contribution in [0.5, 0.6) is 0 Å². The number of rotatable bonds is 1. The van der Waals surface area contributed by atoms with Crippen LogP contribution in [-0.4, -0.2) is 28.5 Å². The van der Waals surface area contributed by atoms with Crippen molar-refractivity contribution in [2.45, 2.75) is 44.6 Å². The third-order valence-corrected chi connectivity index (χ3v) is 4.66. The van der Waals surface area contributed by atoms with Crippen LogP contribution >= 0.6 is 22.6 Å². The molecule has 0 N–H and O–H groups in total. The van der Waals surface area contributed by atoms with Crippen molar-refractivity contribution in [2.75, 3.05) is 13.1 Å². The maximum Gasteiger partial charge on any atom is 0.102 e. The molecule has 0 radical (unpaired) electrons. The molecule has 0 spiro atoms. The van der Waals surface area contributed by atoms with Gasteiger partial charge in [0.1, 0.15) is 5.41 Å². The molecule has 0 aromatic carbocycles. The number of hydrogen-bond donors (Lipinski definition) is 0. The Morgan fingerprint density at radius 1 is 1.37 bits per heavy atom. The van der Waals surface area contributed by atoms with Gasteiger partial charge in [0.25, 0.3) is 0 Å². The summed E-state index contributed by atoms with van der Waals surface area (Å²) in [4.78, 5) is 6.90.